The van der Waals surface area contributed by atoms with Crippen LogP contribution in [0.4, 0.5) is 5.82 Å². The van der Waals surface area contributed by atoms with E-state index >= 15 is 0 Å². The highest BCUT2D eigenvalue weighted by atomic mass is 32.2. The van der Waals surface area contributed by atoms with E-state index < -0.39 is 6.10 Å². The van der Waals surface area contributed by atoms with E-state index in [1.165, 1.54) is 11.8 Å². The van der Waals surface area contributed by atoms with Crippen LogP contribution in [0.15, 0.2) is 9.98 Å². The Hall–Kier alpha value is -1.68. The number of ether oxygens (including phenoxy) is 1. The summed E-state index contributed by atoms with van der Waals surface area (Å²) in [5.41, 5.74) is 2.78. The Balaban J connectivity index is 2.10. The van der Waals surface area contributed by atoms with Crippen LogP contribution in [0.5, 0.6) is 0 Å². The van der Waals surface area contributed by atoms with Gasteiger partial charge in [0.25, 0.3) is 0 Å². The van der Waals surface area contributed by atoms with Gasteiger partial charge in [-0.25, -0.2) is 4.99 Å². The number of amidine groups is 2. The predicted molar refractivity (Wildman–Crippen MR) is 101 cm³/mol. The van der Waals surface area contributed by atoms with Crippen LogP contribution in [0.2, 0.25) is 0 Å². The molecule has 0 saturated carbocycles. The molecule has 142 valence electrons. The maximum Gasteiger partial charge on any atom is 0.249 e. The Morgan fingerprint density at radius 2 is 2.00 bits per heavy atom. The zero-order valence-electron chi connectivity index (χ0n) is 15.4. The van der Waals surface area contributed by atoms with Crippen LogP contribution in [0.1, 0.15) is 30.2 Å². The minimum atomic E-state index is -0.648. The van der Waals surface area contributed by atoms with Gasteiger partial charge < -0.3 is 24.4 Å². The van der Waals surface area contributed by atoms with Crippen molar-refractivity contribution in [1.82, 2.24) is 9.47 Å². The number of fused-ring (bicyclic) bond motifs is 3. The molecular weight excluding hydrogens is 356 g/mol. The molecule has 1 atom stereocenters. The van der Waals surface area contributed by atoms with Gasteiger partial charge in [0.15, 0.2) is 5.17 Å². The molecule has 0 bridgehead atoms. The van der Waals surface area contributed by atoms with Crippen LogP contribution in [0.3, 0.4) is 0 Å². The molecule has 0 spiro atoms. The first kappa shape index (κ1) is 19.1. The Labute approximate surface area is 156 Å². The molecule has 0 fully saturated rings. The number of aliphatic hydroxyl groups is 2. The molecule has 1 amide bonds. The van der Waals surface area contributed by atoms with Gasteiger partial charge in [-0.05, 0) is 32.6 Å². The number of aromatic nitrogens is 1. The van der Waals surface area contributed by atoms with Gasteiger partial charge in [-0.1, -0.05) is 11.8 Å². The first-order valence-corrected chi connectivity index (χ1v) is 9.72. The average Bonchev–Trinajstić information content (AvgIpc) is 2.86. The summed E-state index contributed by atoms with van der Waals surface area (Å²) in [6.07, 6.45) is 1.67. The Morgan fingerprint density at radius 1 is 1.31 bits per heavy atom. The summed E-state index contributed by atoms with van der Waals surface area (Å²) in [5.74, 6) is 1.21. The highest BCUT2D eigenvalue weighted by Gasteiger charge is 2.38. The van der Waals surface area contributed by atoms with Crippen molar-refractivity contribution in [3.05, 3.63) is 16.8 Å². The SMILES string of the molecule is CSC1=Nc2c(c(C)c(C)n2COC(CO)CO)C2=NC(=O)CC(C)N12. The first-order valence-electron chi connectivity index (χ1n) is 8.49. The largest absolute Gasteiger partial charge is 0.394 e. The number of aliphatic hydroxyl groups excluding tert-OH is 2. The number of nitrogens with zero attached hydrogens (tertiary/aromatic N) is 4. The van der Waals surface area contributed by atoms with Crippen molar-refractivity contribution in [2.24, 2.45) is 9.98 Å². The number of carbonyl (C=O) groups is 1. The van der Waals surface area contributed by atoms with Gasteiger partial charge in [-0.15, -0.1) is 0 Å². The number of thioether (sulfide) groups is 1. The summed E-state index contributed by atoms with van der Waals surface area (Å²) in [6.45, 7) is 5.56. The lowest BCUT2D eigenvalue weighted by Gasteiger charge is -2.37. The molecule has 9 heteroatoms. The molecule has 2 aliphatic rings. The monoisotopic (exact) mass is 380 g/mol. The number of hydrogen-bond acceptors (Lipinski definition) is 7. The fraction of sp³-hybridized carbons (Fsp3) is 0.588. The minimum absolute atomic E-state index is 0.00168. The van der Waals surface area contributed by atoms with Gasteiger partial charge >= 0.3 is 0 Å². The van der Waals surface area contributed by atoms with E-state index in [1.807, 2.05) is 36.5 Å². The smallest absolute Gasteiger partial charge is 0.249 e. The number of aliphatic imine (C=N–C) groups is 2. The summed E-state index contributed by atoms with van der Waals surface area (Å²) in [4.78, 5) is 23.2. The topological polar surface area (TPSA) is 99.6 Å². The molecule has 2 aliphatic heterocycles. The lowest BCUT2D eigenvalue weighted by Crippen LogP contribution is -2.48. The maximum atomic E-state index is 12.1. The molecule has 8 nitrogen and oxygen atoms in total. The molecular formula is C17H24N4O4S. The van der Waals surface area contributed by atoms with Crippen molar-refractivity contribution in [2.45, 2.75) is 46.1 Å². The van der Waals surface area contributed by atoms with E-state index in [1.54, 1.807) is 0 Å². The van der Waals surface area contributed by atoms with E-state index in [2.05, 4.69) is 4.99 Å². The Kier molecular flexibility index (Phi) is 5.52. The van der Waals surface area contributed by atoms with Gasteiger partial charge in [0.1, 0.15) is 24.5 Å². The van der Waals surface area contributed by atoms with Crippen LogP contribution in [0.25, 0.3) is 0 Å². The van der Waals surface area contributed by atoms with Gasteiger partial charge in [0.2, 0.25) is 5.91 Å². The molecule has 0 radical (unpaired) electrons. The Bertz CT molecular complexity index is 782. The molecule has 2 N–H and O–H groups in total. The zero-order valence-corrected chi connectivity index (χ0v) is 16.2. The van der Waals surface area contributed by atoms with Crippen molar-refractivity contribution in [3.63, 3.8) is 0 Å². The third-order valence-corrected chi connectivity index (χ3v) is 5.48. The van der Waals surface area contributed by atoms with Gasteiger partial charge in [-0.3, -0.25) is 4.79 Å². The fourth-order valence-electron chi connectivity index (χ4n) is 3.24. The van der Waals surface area contributed by atoms with E-state index in [4.69, 9.17) is 9.73 Å². The molecule has 26 heavy (non-hydrogen) atoms. The third-order valence-electron chi connectivity index (χ3n) is 4.83. The fourth-order valence-corrected chi connectivity index (χ4v) is 3.89. The van der Waals surface area contributed by atoms with Crippen LogP contribution >= 0.6 is 11.8 Å². The number of hydrogen-bond donors (Lipinski definition) is 2. The van der Waals surface area contributed by atoms with E-state index in [0.29, 0.717) is 18.1 Å². The van der Waals surface area contributed by atoms with Gasteiger partial charge in [-0.2, -0.15) is 4.99 Å². The molecule has 0 aliphatic carbocycles. The number of rotatable bonds is 5. The standard InChI is InChI=1S/C17H24N4O4S/c1-9-5-13(24)18-16-14-10(2)11(3)20(8-25-12(6-22)7-23)15(14)19-17(26-4)21(9)16/h9,12,22-23H,5-8H2,1-4H3. The van der Waals surface area contributed by atoms with Crippen LogP contribution in [-0.4, -0.2) is 68.2 Å². The normalized spacial score (nSPS) is 19.4. The minimum Gasteiger partial charge on any atom is -0.394 e. The summed E-state index contributed by atoms with van der Waals surface area (Å²) in [7, 11) is 0. The number of amides is 1. The number of carbonyl (C=O) groups excluding carboxylic acids is 1. The average molecular weight is 380 g/mol. The Morgan fingerprint density at radius 3 is 2.62 bits per heavy atom. The van der Waals surface area contributed by atoms with Gasteiger partial charge in [0, 0.05) is 18.2 Å². The first-order chi connectivity index (χ1) is 12.4. The molecule has 3 rings (SSSR count). The molecule has 1 unspecified atom stereocenters. The van der Waals surface area contributed by atoms with Crippen molar-refractivity contribution < 1.29 is 19.7 Å². The highest BCUT2D eigenvalue weighted by Crippen LogP contribution is 2.38. The lowest BCUT2D eigenvalue weighted by atomic mass is 10.0. The predicted octanol–water partition coefficient (Wildman–Crippen LogP) is 1.16. The van der Waals surface area contributed by atoms with Crippen molar-refractivity contribution in [3.8, 4) is 0 Å². The van der Waals surface area contributed by atoms with Crippen LogP contribution in [0, 0.1) is 13.8 Å². The molecule has 0 saturated heterocycles. The molecule has 3 heterocycles. The lowest BCUT2D eigenvalue weighted by molar-refractivity contribution is -0.118. The summed E-state index contributed by atoms with van der Waals surface area (Å²) >= 11 is 1.51. The summed E-state index contributed by atoms with van der Waals surface area (Å²) in [6, 6.07) is 0.00168. The van der Waals surface area contributed by atoms with E-state index in [-0.39, 0.29) is 31.9 Å². The van der Waals surface area contributed by atoms with Crippen molar-refractivity contribution in [1.29, 1.82) is 0 Å². The van der Waals surface area contributed by atoms with Crippen LogP contribution in [-0.2, 0) is 16.3 Å². The molecule has 1 aromatic rings. The van der Waals surface area contributed by atoms with Gasteiger partial charge in [0.05, 0.1) is 18.8 Å². The van der Waals surface area contributed by atoms with Crippen molar-refractivity contribution >= 4 is 34.5 Å². The second-order valence-electron chi connectivity index (χ2n) is 6.47. The van der Waals surface area contributed by atoms with E-state index in [9.17, 15) is 15.0 Å². The zero-order chi connectivity index (χ0) is 19.0. The van der Waals surface area contributed by atoms with E-state index in [0.717, 1.165) is 22.0 Å². The summed E-state index contributed by atoms with van der Waals surface area (Å²) in [5, 5.41) is 19.2. The van der Waals surface area contributed by atoms with Crippen LogP contribution < -0.4 is 0 Å². The summed E-state index contributed by atoms with van der Waals surface area (Å²) < 4.78 is 7.49. The third kappa shape index (κ3) is 3.09. The quantitative estimate of drug-likeness (QED) is 0.795. The second kappa shape index (κ2) is 7.51. The molecule has 0 aromatic carbocycles. The molecule has 1 aromatic heterocycles. The van der Waals surface area contributed by atoms with Crippen molar-refractivity contribution in [2.75, 3.05) is 19.5 Å². The maximum absolute atomic E-state index is 12.1. The highest BCUT2D eigenvalue weighted by molar-refractivity contribution is 8.13. The second-order valence-corrected chi connectivity index (χ2v) is 7.24.